The first kappa shape index (κ1) is 30.1. The number of benzene rings is 3. The Morgan fingerprint density at radius 2 is 1.63 bits per heavy atom. The molecule has 0 aliphatic carbocycles. The number of rotatable bonds is 9. The highest BCUT2D eigenvalue weighted by molar-refractivity contribution is 6.34. The third kappa shape index (κ3) is 7.36. The maximum Gasteiger partial charge on any atom is 0.291 e. The van der Waals surface area contributed by atoms with Gasteiger partial charge in [-0.15, -0.1) is 0 Å². The highest BCUT2D eigenvalue weighted by Gasteiger charge is 2.25. The zero-order valence-electron chi connectivity index (χ0n) is 24.5. The summed E-state index contributed by atoms with van der Waals surface area (Å²) in [4.78, 5) is 32.7. The van der Waals surface area contributed by atoms with Crippen LogP contribution in [0.25, 0.3) is 0 Å². The van der Waals surface area contributed by atoms with E-state index in [-0.39, 0.29) is 28.1 Å². The fraction of sp³-hybridized carbons (Fsp3) is 0.273. The molecule has 10 heteroatoms. The summed E-state index contributed by atoms with van der Waals surface area (Å²) in [5.74, 6) is -0.912. The van der Waals surface area contributed by atoms with Crippen LogP contribution in [0.1, 0.15) is 37.6 Å². The minimum atomic E-state index is -0.438. The number of nitrogens with one attached hydrogen (secondary N) is 2. The molecule has 3 aromatic carbocycles. The van der Waals surface area contributed by atoms with Gasteiger partial charge in [-0.1, -0.05) is 41.9 Å². The quantitative estimate of drug-likeness (QED) is 0.246. The first-order chi connectivity index (χ1) is 20.7. The third-order valence-corrected chi connectivity index (χ3v) is 7.71. The Balaban J connectivity index is 1.36. The number of halogens is 2. The molecule has 2 heterocycles. The molecule has 2 amide bonds. The summed E-state index contributed by atoms with van der Waals surface area (Å²) in [7, 11) is 4.02. The van der Waals surface area contributed by atoms with Gasteiger partial charge in [0, 0.05) is 45.0 Å². The van der Waals surface area contributed by atoms with E-state index >= 15 is 0 Å². The van der Waals surface area contributed by atoms with E-state index in [1.54, 1.807) is 36.4 Å². The fourth-order valence-electron chi connectivity index (χ4n) is 5.28. The van der Waals surface area contributed by atoms with Crippen LogP contribution < -0.4 is 20.4 Å². The first-order valence-corrected chi connectivity index (χ1v) is 14.5. The highest BCUT2D eigenvalue weighted by Crippen LogP contribution is 2.34. The van der Waals surface area contributed by atoms with Crippen molar-refractivity contribution < 1.29 is 18.4 Å². The van der Waals surface area contributed by atoms with E-state index < -0.39 is 5.91 Å². The smallest absolute Gasteiger partial charge is 0.291 e. The summed E-state index contributed by atoms with van der Waals surface area (Å²) in [6, 6.07) is 19.4. The molecule has 224 valence electrons. The summed E-state index contributed by atoms with van der Waals surface area (Å²) in [5, 5.41) is 6.14. The predicted molar refractivity (Wildman–Crippen MR) is 169 cm³/mol. The Kier molecular flexibility index (Phi) is 9.33. The molecule has 8 nitrogen and oxygen atoms in total. The highest BCUT2D eigenvalue weighted by atomic mass is 35.5. The molecular formula is C33H35ClFN5O3. The van der Waals surface area contributed by atoms with Crippen LogP contribution in [0, 0.1) is 12.7 Å². The number of anilines is 3. The molecule has 43 heavy (non-hydrogen) atoms. The number of amides is 2. The predicted octanol–water partition coefficient (Wildman–Crippen LogP) is 5.95. The Labute approximate surface area is 256 Å². The van der Waals surface area contributed by atoms with Crippen molar-refractivity contribution in [1.82, 2.24) is 10.2 Å². The number of carbonyl (C=O) groups is 2. The number of hydrogen-bond acceptors (Lipinski definition) is 6. The molecular weight excluding hydrogens is 569 g/mol. The molecule has 0 bridgehead atoms. The van der Waals surface area contributed by atoms with E-state index in [4.69, 9.17) is 16.0 Å². The lowest BCUT2D eigenvalue weighted by Crippen LogP contribution is -2.47. The monoisotopic (exact) mass is 603 g/mol. The number of nitrogens with zero attached hydrogens (tertiary/aromatic N) is 3. The van der Waals surface area contributed by atoms with Crippen LogP contribution in [0.2, 0.25) is 5.02 Å². The summed E-state index contributed by atoms with van der Waals surface area (Å²) in [6.45, 7) is 5.58. The molecule has 0 atom stereocenters. The molecule has 0 radical (unpaired) electrons. The zero-order valence-corrected chi connectivity index (χ0v) is 25.2. The minimum Gasteiger partial charge on any atom is -0.459 e. The molecule has 1 aliphatic rings. The van der Waals surface area contributed by atoms with Crippen molar-refractivity contribution in [2.75, 3.05) is 55.4 Å². The van der Waals surface area contributed by atoms with E-state index in [0.717, 1.165) is 28.9 Å². The molecule has 5 rings (SSSR count). The van der Waals surface area contributed by atoms with E-state index in [1.807, 2.05) is 39.2 Å². The van der Waals surface area contributed by atoms with Crippen molar-refractivity contribution in [2.24, 2.45) is 0 Å². The number of piperazine rings is 1. The molecule has 1 aromatic heterocycles. The molecule has 2 N–H and O–H groups in total. The van der Waals surface area contributed by atoms with Crippen LogP contribution in [0.4, 0.5) is 21.5 Å². The summed E-state index contributed by atoms with van der Waals surface area (Å²) in [5.41, 5.74) is 5.37. The largest absolute Gasteiger partial charge is 0.459 e. The number of furan rings is 1. The van der Waals surface area contributed by atoms with E-state index in [9.17, 15) is 14.0 Å². The lowest BCUT2D eigenvalue weighted by Gasteiger charge is -2.38. The van der Waals surface area contributed by atoms with E-state index in [1.165, 1.54) is 12.3 Å². The number of carbonyl (C=O) groups excluding carboxylic acids is 2. The van der Waals surface area contributed by atoms with Crippen molar-refractivity contribution in [3.05, 3.63) is 112 Å². The van der Waals surface area contributed by atoms with Crippen LogP contribution in [0.3, 0.4) is 0 Å². The summed E-state index contributed by atoms with van der Waals surface area (Å²) < 4.78 is 19.3. The number of aryl methyl sites for hydroxylation is 1. The van der Waals surface area contributed by atoms with Crippen molar-refractivity contribution >= 4 is 40.5 Å². The van der Waals surface area contributed by atoms with Crippen LogP contribution in [-0.2, 0) is 13.1 Å². The van der Waals surface area contributed by atoms with Gasteiger partial charge in [0.1, 0.15) is 5.82 Å². The Bertz CT molecular complexity index is 1600. The van der Waals surface area contributed by atoms with Gasteiger partial charge in [0.25, 0.3) is 11.8 Å². The van der Waals surface area contributed by atoms with E-state index in [2.05, 4.69) is 31.4 Å². The van der Waals surface area contributed by atoms with Crippen LogP contribution in [0.15, 0.2) is 77.4 Å². The average Bonchev–Trinajstić information content (AvgIpc) is 3.53. The standard InChI is InChI=1S/C33H35ClFN5O3/c1-22-9-10-25(35)17-29(22)39-11-13-40(14-12-39)30-19-27(34)26(18-28(30)37-33(42)31-8-5-15-43-31)32(41)36-20-23-6-4-7-24(16-23)21-38(2)3/h4-10,15-19H,11-14,20-21H2,1-3H3,(H,36,41)(H,37,42). The van der Waals surface area contributed by atoms with Crippen LogP contribution >= 0.6 is 11.6 Å². The summed E-state index contributed by atoms with van der Waals surface area (Å²) >= 11 is 6.70. The molecule has 1 fully saturated rings. The molecule has 0 spiro atoms. The average molecular weight is 604 g/mol. The molecule has 0 unspecified atom stereocenters. The lowest BCUT2D eigenvalue weighted by molar-refractivity contribution is 0.0949. The van der Waals surface area contributed by atoms with Crippen molar-refractivity contribution in [3.8, 4) is 0 Å². The van der Waals surface area contributed by atoms with Gasteiger partial charge in [0.05, 0.1) is 28.2 Å². The Morgan fingerprint density at radius 1 is 0.907 bits per heavy atom. The molecule has 4 aromatic rings. The molecule has 1 saturated heterocycles. The maximum atomic E-state index is 14.0. The third-order valence-electron chi connectivity index (χ3n) is 7.40. The van der Waals surface area contributed by atoms with Gasteiger partial charge in [-0.25, -0.2) is 4.39 Å². The Hall–Kier alpha value is -4.34. The topological polar surface area (TPSA) is 81.1 Å². The van der Waals surface area contributed by atoms with Gasteiger partial charge in [-0.05, 0) is 74.1 Å². The molecule has 1 aliphatic heterocycles. The second-order valence-corrected chi connectivity index (χ2v) is 11.3. The van der Waals surface area contributed by atoms with Crippen molar-refractivity contribution in [2.45, 2.75) is 20.0 Å². The van der Waals surface area contributed by atoms with Gasteiger partial charge in [-0.2, -0.15) is 0 Å². The molecule has 0 saturated carbocycles. The van der Waals surface area contributed by atoms with Gasteiger partial charge in [0.15, 0.2) is 5.76 Å². The second-order valence-electron chi connectivity index (χ2n) is 10.9. The minimum absolute atomic E-state index is 0.149. The second kappa shape index (κ2) is 13.3. The van der Waals surface area contributed by atoms with Crippen molar-refractivity contribution in [1.29, 1.82) is 0 Å². The normalized spacial score (nSPS) is 13.3. The maximum absolute atomic E-state index is 14.0. The van der Waals surface area contributed by atoms with Crippen LogP contribution in [0.5, 0.6) is 0 Å². The van der Waals surface area contributed by atoms with Crippen LogP contribution in [-0.4, -0.2) is 57.0 Å². The first-order valence-electron chi connectivity index (χ1n) is 14.1. The lowest BCUT2D eigenvalue weighted by atomic mass is 10.1. The number of hydrogen-bond donors (Lipinski definition) is 2. The Morgan fingerprint density at radius 3 is 2.33 bits per heavy atom. The van der Waals surface area contributed by atoms with Gasteiger partial charge in [0.2, 0.25) is 0 Å². The van der Waals surface area contributed by atoms with Gasteiger partial charge >= 0.3 is 0 Å². The van der Waals surface area contributed by atoms with E-state index in [0.29, 0.717) is 44.1 Å². The summed E-state index contributed by atoms with van der Waals surface area (Å²) in [6.07, 6.45) is 1.43. The van der Waals surface area contributed by atoms with Gasteiger partial charge < -0.3 is 29.8 Å². The zero-order chi connectivity index (χ0) is 30.5. The SMILES string of the molecule is Cc1ccc(F)cc1N1CCN(c2cc(Cl)c(C(=O)NCc3cccc(CN(C)C)c3)cc2NC(=O)c2ccco2)CC1. The van der Waals surface area contributed by atoms with Crippen molar-refractivity contribution in [3.63, 3.8) is 0 Å². The fourth-order valence-corrected chi connectivity index (χ4v) is 5.53. The van der Waals surface area contributed by atoms with Gasteiger partial charge in [-0.3, -0.25) is 9.59 Å².